The number of benzene rings is 2. The Morgan fingerprint density at radius 3 is 2.73 bits per heavy atom. The van der Waals surface area contributed by atoms with Crippen molar-refractivity contribution in [1.82, 2.24) is 5.06 Å². The summed E-state index contributed by atoms with van der Waals surface area (Å²) in [4.78, 5) is 12.1. The third kappa shape index (κ3) is 3.18. The molecule has 2 aromatic carbocycles. The molecule has 6 heteroatoms. The Bertz CT molecular complexity index is 650. The Kier molecular flexibility index (Phi) is 4.50. The molecule has 1 heterocycles. The first-order valence-corrected chi connectivity index (χ1v) is 7.76. The molecule has 0 saturated carbocycles. The molecule has 2 aromatic rings. The molecule has 1 atom stereocenters. The zero-order chi connectivity index (χ0) is 15.4. The molecule has 5 nitrogen and oxygen atoms in total. The Morgan fingerprint density at radius 2 is 1.95 bits per heavy atom. The number of hydrogen-bond acceptors (Lipinski definition) is 5. The molecule has 1 N–H and O–H groups in total. The van der Waals surface area contributed by atoms with Crippen molar-refractivity contribution in [3.63, 3.8) is 0 Å². The lowest BCUT2D eigenvalue weighted by Gasteiger charge is -2.22. The first-order valence-electron chi connectivity index (χ1n) is 6.78. The zero-order valence-electron chi connectivity index (χ0n) is 11.7. The minimum absolute atomic E-state index is 0.193. The van der Waals surface area contributed by atoms with Gasteiger partial charge in [-0.15, -0.1) is 11.8 Å². The normalized spacial score (nSPS) is 13.7. The fourth-order valence-corrected chi connectivity index (χ4v) is 3.26. The van der Waals surface area contributed by atoms with Crippen molar-refractivity contribution in [1.29, 1.82) is 0 Å². The molecule has 3 rings (SSSR count). The fourth-order valence-electron chi connectivity index (χ4n) is 2.21. The molecule has 0 aliphatic carbocycles. The number of amides is 1. The van der Waals surface area contributed by atoms with Crippen LogP contribution in [0.5, 0.6) is 11.5 Å². The standard InChI is InChI=1S/C16H15NO4S/c18-10-17(19)14(9-22-13-4-2-1-3-5-13)12-6-7-15-16(8-12)21-11-20-15/h1-8,10,14,19H,9,11H2. The summed E-state index contributed by atoms with van der Waals surface area (Å²) in [6.45, 7) is 0.193. The number of fused-ring (bicyclic) bond motifs is 1. The van der Waals surface area contributed by atoms with E-state index in [1.807, 2.05) is 36.4 Å². The maximum atomic E-state index is 11.0. The second kappa shape index (κ2) is 6.72. The van der Waals surface area contributed by atoms with Crippen molar-refractivity contribution < 1.29 is 19.5 Å². The van der Waals surface area contributed by atoms with Gasteiger partial charge in [-0.2, -0.15) is 0 Å². The van der Waals surface area contributed by atoms with Gasteiger partial charge in [0.05, 0.1) is 6.04 Å². The molecule has 1 unspecified atom stereocenters. The highest BCUT2D eigenvalue weighted by molar-refractivity contribution is 7.99. The van der Waals surface area contributed by atoms with E-state index in [2.05, 4.69) is 0 Å². The Balaban J connectivity index is 1.79. The summed E-state index contributed by atoms with van der Waals surface area (Å²) in [6.07, 6.45) is 0.417. The molecule has 1 amide bonds. The van der Waals surface area contributed by atoms with E-state index in [0.29, 0.717) is 28.7 Å². The van der Waals surface area contributed by atoms with E-state index < -0.39 is 6.04 Å². The van der Waals surface area contributed by atoms with Gasteiger partial charge in [0.1, 0.15) is 0 Å². The van der Waals surface area contributed by atoms with E-state index in [0.717, 1.165) is 10.5 Å². The van der Waals surface area contributed by atoms with Gasteiger partial charge in [0.15, 0.2) is 11.5 Å². The Morgan fingerprint density at radius 1 is 1.18 bits per heavy atom. The molecule has 1 aliphatic heterocycles. The van der Waals surface area contributed by atoms with Gasteiger partial charge in [0.25, 0.3) is 0 Å². The number of ether oxygens (including phenoxy) is 2. The molecular formula is C16H15NO4S. The van der Waals surface area contributed by atoms with Gasteiger partial charge in [0.2, 0.25) is 13.2 Å². The summed E-state index contributed by atoms with van der Waals surface area (Å²) in [7, 11) is 0. The lowest BCUT2D eigenvalue weighted by atomic mass is 10.1. The Hall–Kier alpha value is -2.18. The van der Waals surface area contributed by atoms with Crippen LogP contribution in [0.1, 0.15) is 11.6 Å². The van der Waals surface area contributed by atoms with Crippen LogP contribution in [-0.4, -0.2) is 29.2 Å². The van der Waals surface area contributed by atoms with Crippen LogP contribution in [0.25, 0.3) is 0 Å². The average Bonchev–Trinajstić information content (AvgIpc) is 3.03. The zero-order valence-corrected chi connectivity index (χ0v) is 12.5. The minimum atomic E-state index is -0.461. The van der Waals surface area contributed by atoms with E-state index in [9.17, 15) is 10.0 Å². The van der Waals surface area contributed by atoms with E-state index in [4.69, 9.17) is 9.47 Å². The first kappa shape index (κ1) is 14.7. The molecule has 0 aromatic heterocycles. The van der Waals surface area contributed by atoms with Gasteiger partial charge in [-0.3, -0.25) is 10.0 Å². The van der Waals surface area contributed by atoms with Crippen molar-refractivity contribution >= 4 is 18.2 Å². The second-order valence-electron chi connectivity index (χ2n) is 4.74. The molecule has 22 heavy (non-hydrogen) atoms. The van der Waals surface area contributed by atoms with E-state index >= 15 is 0 Å². The molecular weight excluding hydrogens is 302 g/mol. The predicted molar refractivity (Wildman–Crippen MR) is 82.2 cm³/mol. The fraction of sp³-hybridized carbons (Fsp3) is 0.188. The largest absolute Gasteiger partial charge is 0.454 e. The lowest BCUT2D eigenvalue weighted by Crippen LogP contribution is -2.25. The van der Waals surface area contributed by atoms with Crippen LogP contribution in [0.2, 0.25) is 0 Å². The highest BCUT2D eigenvalue weighted by Gasteiger charge is 2.22. The third-order valence-electron chi connectivity index (χ3n) is 3.36. The Labute approximate surface area is 132 Å². The summed E-state index contributed by atoms with van der Waals surface area (Å²) in [6, 6.07) is 14.8. The van der Waals surface area contributed by atoms with Crippen molar-refractivity contribution in [3.05, 3.63) is 54.1 Å². The third-order valence-corrected chi connectivity index (χ3v) is 4.45. The van der Waals surface area contributed by atoms with Crippen molar-refractivity contribution in [2.75, 3.05) is 12.5 Å². The maximum absolute atomic E-state index is 11.0. The van der Waals surface area contributed by atoms with Crippen LogP contribution >= 0.6 is 11.8 Å². The minimum Gasteiger partial charge on any atom is -0.454 e. The molecule has 0 radical (unpaired) electrons. The highest BCUT2D eigenvalue weighted by Crippen LogP contribution is 2.36. The van der Waals surface area contributed by atoms with Crippen molar-refractivity contribution in [2.24, 2.45) is 0 Å². The second-order valence-corrected chi connectivity index (χ2v) is 5.83. The maximum Gasteiger partial charge on any atom is 0.233 e. The molecule has 0 fully saturated rings. The lowest BCUT2D eigenvalue weighted by molar-refractivity contribution is -0.158. The molecule has 0 bridgehead atoms. The topological polar surface area (TPSA) is 59.0 Å². The summed E-state index contributed by atoms with van der Waals surface area (Å²) in [5.74, 6) is 1.83. The van der Waals surface area contributed by atoms with Crippen LogP contribution in [0.15, 0.2) is 53.4 Å². The van der Waals surface area contributed by atoms with Crippen molar-refractivity contribution in [3.8, 4) is 11.5 Å². The van der Waals surface area contributed by atoms with Crippen LogP contribution < -0.4 is 9.47 Å². The molecule has 1 aliphatic rings. The summed E-state index contributed by atoms with van der Waals surface area (Å²) >= 11 is 1.57. The van der Waals surface area contributed by atoms with Gasteiger partial charge in [-0.25, -0.2) is 5.06 Å². The summed E-state index contributed by atoms with van der Waals surface area (Å²) < 4.78 is 10.6. The van der Waals surface area contributed by atoms with Gasteiger partial charge in [-0.1, -0.05) is 24.3 Å². The number of carbonyl (C=O) groups excluding carboxylic acids is 1. The van der Waals surface area contributed by atoms with Gasteiger partial charge < -0.3 is 9.47 Å². The molecule has 0 saturated heterocycles. The predicted octanol–water partition coefficient (Wildman–Crippen LogP) is 3.10. The monoisotopic (exact) mass is 317 g/mol. The van der Waals surface area contributed by atoms with E-state index in [-0.39, 0.29) is 6.79 Å². The van der Waals surface area contributed by atoms with Gasteiger partial charge >= 0.3 is 0 Å². The summed E-state index contributed by atoms with van der Waals surface area (Å²) in [5, 5.41) is 10.6. The van der Waals surface area contributed by atoms with Gasteiger partial charge in [-0.05, 0) is 29.8 Å². The van der Waals surface area contributed by atoms with E-state index in [1.54, 1.807) is 23.9 Å². The quantitative estimate of drug-likeness (QED) is 0.384. The number of rotatable bonds is 6. The van der Waals surface area contributed by atoms with Crippen LogP contribution in [0.4, 0.5) is 0 Å². The molecule has 114 valence electrons. The SMILES string of the molecule is O=CN(O)C(CSc1ccccc1)c1ccc2c(c1)OCO2. The first-order chi connectivity index (χ1) is 10.8. The number of carbonyl (C=O) groups is 1. The van der Waals surface area contributed by atoms with Crippen LogP contribution in [0.3, 0.4) is 0 Å². The molecule has 0 spiro atoms. The number of nitrogens with zero attached hydrogens (tertiary/aromatic N) is 1. The number of hydroxylamine groups is 2. The smallest absolute Gasteiger partial charge is 0.233 e. The van der Waals surface area contributed by atoms with E-state index in [1.165, 1.54) is 0 Å². The summed E-state index contributed by atoms with van der Waals surface area (Å²) in [5.41, 5.74) is 0.794. The number of hydrogen-bond donors (Lipinski definition) is 1. The van der Waals surface area contributed by atoms with Crippen molar-refractivity contribution in [2.45, 2.75) is 10.9 Å². The highest BCUT2D eigenvalue weighted by atomic mass is 32.2. The van der Waals surface area contributed by atoms with Gasteiger partial charge in [0, 0.05) is 10.6 Å². The average molecular weight is 317 g/mol. The number of thioether (sulfide) groups is 1. The van der Waals surface area contributed by atoms with Crippen LogP contribution in [-0.2, 0) is 4.79 Å². The van der Waals surface area contributed by atoms with Crippen LogP contribution in [0, 0.1) is 0 Å².